The second-order valence-electron chi connectivity index (χ2n) is 7.05. The lowest BCUT2D eigenvalue weighted by Gasteiger charge is -2.49. The Morgan fingerprint density at radius 2 is 2.12 bits per heavy atom. The van der Waals surface area contributed by atoms with E-state index in [0.29, 0.717) is 23.6 Å². The van der Waals surface area contributed by atoms with Gasteiger partial charge >= 0.3 is 0 Å². The van der Waals surface area contributed by atoms with Gasteiger partial charge in [-0.05, 0) is 24.1 Å². The number of carbonyl (C=O) groups excluding carboxylic acids is 1. The fourth-order valence-electron chi connectivity index (χ4n) is 4.82. The smallest absolute Gasteiger partial charge is 0.231 e. The van der Waals surface area contributed by atoms with Crippen LogP contribution in [0.4, 0.5) is 0 Å². The van der Waals surface area contributed by atoms with Gasteiger partial charge in [-0.3, -0.25) is 4.79 Å². The van der Waals surface area contributed by atoms with E-state index >= 15 is 0 Å². The second-order valence-corrected chi connectivity index (χ2v) is 7.05. The SMILES string of the molecule is COC1C=CC23c4cc5c(cc4C(=O)CC2(O)CNC3C1)OCO5. The van der Waals surface area contributed by atoms with E-state index in [4.69, 9.17) is 14.2 Å². The van der Waals surface area contributed by atoms with E-state index in [-0.39, 0.29) is 31.1 Å². The van der Waals surface area contributed by atoms with Crippen molar-refractivity contribution < 1.29 is 24.1 Å². The van der Waals surface area contributed by atoms with Gasteiger partial charge in [0.15, 0.2) is 17.3 Å². The second kappa shape index (κ2) is 4.59. The number of Topliss-reactive ketones (excluding diaryl/α,β-unsaturated/α-hetero) is 1. The number of hydrogen-bond donors (Lipinski definition) is 2. The lowest BCUT2D eigenvalue weighted by molar-refractivity contribution is -0.00876. The molecule has 24 heavy (non-hydrogen) atoms. The van der Waals surface area contributed by atoms with Crippen LogP contribution in [0.25, 0.3) is 0 Å². The zero-order chi connectivity index (χ0) is 16.5. The first-order valence-corrected chi connectivity index (χ1v) is 8.23. The molecule has 0 amide bonds. The van der Waals surface area contributed by atoms with Crippen molar-refractivity contribution in [3.8, 4) is 11.5 Å². The first kappa shape index (κ1) is 14.5. The average molecular weight is 329 g/mol. The van der Waals surface area contributed by atoms with Crippen LogP contribution in [-0.4, -0.2) is 49.1 Å². The van der Waals surface area contributed by atoms with Crippen LogP contribution in [0, 0.1) is 0 Å². The minimum absolute atomic E-state index is 0.00433. The molecule has 2 aliphatic carbocycles. The summed E-state index contributed by atoms with van der Waals surface area (Å²) in [7, 11) is 1.69. The lowest BCUT2D eigenvalue weighted by atomic mass is 9.56. The topological polar surface area (TPSA) is 77.0 Å². The number of benzene rings is 1. The molecule has 4 aliphatic rings. The summed E-state index contributed by atoms with van der Waals surface area (Å²) in [5, 5.41) is 14.8. The first-order valence-electron chi connectivity index (χ1n) is 8.23. The van der Waals surface area contributed by atoms with Crippen molar-refractivity contribution in [2.75, 3.05) is 20.4 Å². The fourth-order valence-corrected chi connectivity index (χ4v) is 4.82. The zero-order valence-electron chi connectivity index (χ0n) is 13.4. The quantitative estimate of drug-likeness (QED) is 0.746. The maximum atomic E-state index is 12.7. The highest BCUT2D eigenvalue weighted by molar-refractivity contribution is 6.01. The summed E-state index contributed by atoms with van der Waals surface area (Å²) in [5.74, 6) is 1.18. The minimum atomic E-state index is -1.13. The largest absolute Gasteiger partial charge is 0.454 e. The van der Waals surface area contributed by atoms with Crippen LogP contribution in [0.5, 0.6) is 11.5 Å². The van der Waals surface area contributed by atoms with Crippen molar-refractivity contribution in [1.82, 2.24) is 5.32 Å². The van der Waals surface area contributed by atoms with E-state index in [9.17, 15) is 9.90 Å². The number of β-amino-alcohol motifs (C(OH)–C–C–N with tert-alkyl or cyclic N) is 1. The normalized spacial score (nSPS) is 38.7. The van der Waals surface area contributed by atoms with Crippen molar-refractivity contribution in [3.05, 3.63) is 35.4 Å². The molecule has 1 fully saturated rings. The van der Waals surface area contributed by atoms with Gasteiger partial charge in [-0.1, -0.05) is 12.2 Å². The summed E-state index contributed by atoms with van der Waals surface area (Å²) >= 11 is 0. The average Bonchev–Trinajstić information content (AvgIpc) is 3.15. The van der Waals surface area contributed by atoms with E-state index < -0.39 is 11.0 Å². The van der Waals surface area contributed by atoms with Gasteiger partial charge in [-0.25, -0.2) is 0 Å². The molecule has 6 nitrogen and oxygen atoms in total. The van der Waals surface area contributed by atoms with Crippen molar-refractivity contribution in [2.24, 2.45) is 0 Å². The van der Waals surface area contributed by atoms with Gasteiger partial charge in [0.05, 0.1) is 17.1 Å². The van der Waals surface area contributed by atoms with Crippen LogP contribution in [0.2, 0.25) is 0 Å². The van der Waals surface area contributed by atoms with Crippen molar-refractivity contribution >= 4 is 5.78 Å². The zero-order valence-corrected chi connectivity index (χ0v) is 13.4. The molecule has 4 atom stereocenters. The molecule has 0 radical (unpaired) electrons. The summed E-state index contributed by atoms with van der Waals surface area (Å²) in [5.41, 5.74) is -0.332. The molecule has 6 heteroatoms. The molecule has 0 aromatic heterocycles. The van der Waals surface area contributed by atoms with Crippen molar-refractivity contribution in [2.45, 2.75) is 36.0 Å². The van der Waals surface area contributed by atoms with Gasteiger partial charge in [-0.2, -0.15) is 0 Å². The molecule has 1 saturated heterocycles. The number of ketones is 1. The Hall–Kier alpha value is -1.89. The van der Waals surface area contributed by atoms with Crippen molar-refractivity contribution in [3.63, 3.8) is 0 Å². The molecule has 2 heterocycles. The Morgan fingerprint density at radius 3 is 2.92 bits per heavy atom. The van der Waals surface area contributed by atoms with Gasteiger partial charge in [0, 0.05) is 31.7 Å². The van der Waals surface area contributed by atoms with E-state index in [1.165, 1.54) is 0 Å². The molecule has 1 aromatic carbocycles. The highest BCUT2D eigenvalue weighted by Gasteiger charge is 2.64. The predicted molar refractivity (Wildman–Crippen MR) is 84.5 cm³/mol. The van der Waals surface area contributed by atoms with Gasteiger partial charge in [-0.15, -0.1) is 0 Å². The van der Waals surface area contributed by atoms with Crippen LogP contribution < -0.4 is 14.8 Å². The van der Waals surface area contributed by atoms with Gasteiger partial charge in [0.2, 0.25) is 6.79 Å². The third-order valence-corrected chi connectivity index (χ3v) is 6.02. The van der Waals surface area contributed by atoms with Crippen LogP contribution in [0.1, 0.15) is 28.8 Å². The van der Waals surface area contributed by atoms with Gasteiger partial charge in [0.25, 0.3) is 0 Å². The van der Waals surface area contributed by atoms with Crippen LogP contribution in [0.3, 0.4) is 0 Å². The molecule has 4 unspecified atom stereocenters. The van der Waals surface area contributed by atoms with E-state index in [1.807, 2.05) is 18.2 Å². The Balaban J connectivity index is 1.77. The molecule has 2 N–H and O–H groups in total. The number of fused-ring (bicyclic) bond motifs is 2. The van der Waals surface area contributed by atoms with E-state index in [2.05, 4.69) is 5.32 Å². The number of nitrogens with one attached hydrogen (secondary N) is 1. The minimum Gasteiger partial charge on any atom is -0.454 e. The molecule has 126 valence electrons. The number of methoxy groups -OCH3 is 1. The summed E-state index contributed by atoms with van der Waals surface area (Å²) < 4.78 is 16.4. The number of rotatable bonds is 1. The maximum Gasteiger partial charge on any atom is 0.231 e. The fraction of sp³-hybridized carbons (Fsp3) is 0.500. The summed E-state index contributed by atoms with van der Waals surface area (Å²) in [4.78, 5) is 12.7. The van der Waals surface area contributed by atoms with Crippen LogP contribution in [0.15, 0.2) is 24.3 Å². The number of aliphatic hydroxyl groups is 1. The molecule has 5 rings (SSSR count). The Bertz CT molecular complexity index is 775. The van der Waals surface area contributed by atoms with Crippen LogP contribution >= 0.6 is 0 Å². The Morgan fingerprint density at radius 1 is 1.33 bits per heavy atom. The summed E-state index contributed by atoms with van der Waals surface area (Å²) in [6.45, 7) is 0.547. The van der Waals surface area contributed by atoms with Gasteiger partial charge in [0.1, 0.15) is 0 Å². The molecule has 1 spiro atoms. The maximum absolute atomic E-state index is 12.7. The monoisotopic (exact) mass is 329 g/mol. The summed E-state index contributed by atoms with van der Waals surface area (Å²) in [6.07, 6.45) is 4.88. The first-order chi connectivity index (χ1) is 11.6. The molecule has 0 bridgehead atoms. The predicted octanol–water partition coefficient (Wildman–Crippen LogP) is 0.917. The lowest BCUT2D eigenvalue weighted by Crippen LogP contribution is -2.59. The Kier molecular flexibility index (Phi) is 2.77. The molecule has 2 aliphatic heterocycles. The summed E-state index contributed by atoms with van der Waals surface area (Å²) in [6, 6.07) is 3.64. The molecule has 0 saturated carbocycles. The third-order valence-electron chi connectivity index (χ3n) is 6.02. The molecular weight excluding hydrogens is 310 g/mol. The third kappa shape index (κ3) is 1.58. The molecule has 1 aromatic rings. The van der Waals surface area contributed by atoms with Crippen molar-refractivity contribution in [1.29, 1.82) is 0 Å². The number of hydrogen-bond acceptors (Lipinski definition) is 6. The highest BCUT2D eigenvalue weighted by atomic mass is 16.7. The number of carbonyl (C=O) groups is 1. The van der Waals surface area contributed by atoms with E-state index in [0.717, 1.165) is 12.0 Å². The molecular formula is C18H19NO5. The Labute approximate surface area is 139 Å². The standard InChI is InChI=1S/C18H19NO5/c1-22-10-2-3-18-12-6-15-14(23-9-24-15)5-11(12)13(20)7-17(18,21)8-19-16(18)4-10/h2-3,5-6,10,16,19,21H,4,7-9H2,1H3. The highest BCUT2D eigenvalue weighted by Crippen LogP contribution is 2.55. The van der Waals surface area contributed by atoms with Crippen LogP contribution in [-0.2, 0) is 10.2 Å². The van der Waals surface area contributed by atoms with E-state index in [1.54, 1.807) is 13.2 Å². The van der Waals surface area contributed by atoms with Gasteiger partial charge < -0.3 is 24.6 Å². The number of ether oxygens (including phenoxy) is 3.